The molecule has 1 heterocycles. The monoisotopic (exact) mass is 263 g/mol. The topological polar surface area (TPSA) is 22.1 Å². The first-order valence-electron chi connectivity index (χ1n) is 6.43. The van der Waals surface area contributed by atoms with Crippen LogP contribution in [0.4, 0.5) is 0 Å². The van der Waals surface area contributed by atoms with Gasteiger partial charge in [-0.05, 0) is 42.3 Å². The summed E-state index contributed by atoms with van der Waals surface area (Å²) in [6, 6.07) is 4.01. The van der Waals surface area contributed by atoms with E-state index in [1.165, 1.54) is 5.57 Å². The first-order valence-corrected chi connectivity index (χ1v) is 9.34. The molecule has 0 fully saturated rings. The van der Waals surface area contributed by atoms with Gasteiger partial charge in [0.25, 0.3) is 0 Å². The maximum absolute atomic E-state index is 6.18. The van der Waals surface area contributed by atoms with Gasteiger partial charge < -0.3 is 4.43 Å². The highest BCUT2D eigenvalue weighted by molar-refractivity contribution is 6.74. The van der Waals surface area contributed by atoms with Gasteiger partial charge in [0.15, 0.2) is 8.32 Å². The molecule has 0 unspecified atom stereocenters. The van der Waals surface area contributed by atoms with Crippen molar-refractivity contribution >= 4 is 14.4 Å². The molecule has 0 saturated heterocycles. The molecule has 1 rings (SSSR count). The van der Waals surface area contributed by atoms with Crippen LogP contribution in [0.25, 0.3) is 6.08 Å². The molecule has 0 N–H and O–H groups in total. The first-order chi connectivity index (χ1) is 8.22. The Morgan fingerprint density at radius 1 is 1.39 bits per heavy atom. The Morgan fingerprint density at radius 2 is 2.06 bits per heavy atom. The fourth-order valence-corrected chi connectivity index (χ4v) is 2.32. The van der Waals surface area contributed by atoms with Gasteiger partial charge in [-0.15, -0.1) is 0 Å². The summed E-state index contributed by atoms with van der Waals surface area (Å²) in [6.45, 7) is 14.2. The van der Waals surface area contributed by atoms with Gasteiger partial charge in [-0.2, -0.15) is 0 Å². The van der Waals surface area contributed by atoms with Gasteiger partial charge in [0.2, 0.25) is 0 Å². The van der Waals surface area contributed by atoms with Crippen LogP contribution in [0.1, 0.15) is 33.3 Å². The highest BCUT2D eigenvalue weighted by atomic mass is 28.4. The van der Waals surface area contributed by atoms with Crippen LogP contribution in [0, 0.1) is 0 Å². The molecule has 0 spiro atoms. The van der Waals surface area contributed by atoms with E-state index in [1.54, 1.807) is 6.20 Å². The minimum absolute atomic E-state index is 0.265. The lowest BCUT2D eigenvalue weighted by Crippen LogP contribution is -2.41. The number of hydrogen-bond donors (Lipinski definition) is 0. The molecular formula is C15H25NOSi. The molecule has 0 bridgehead atoms. The van der Waals surface area contributed by atoms with Gasteiger partial charge >= 0.3 is 0 Å². The minimum atomic E-state index is -1.64. The fourth-order valence-electron chi connectivity index (χ4n) is 1.30. The third-order valence-corrected chi connectivity index (χ3v) is 8.04. The predicted molar refractivity (Wildman–Crippen MR) is 81.0 cm³/mol. The van der Waals surface area contributed by atoms with Gasteiger partial charge in [-0.25, -0.2) is 0 Å². The molecule has 0 radical (unpaired) electrons. The summed E-state index contributed by atoms with van der Waals surface area (Å²) in [5.74, 6) is 0. The van der Waals surface area contributed by atoms with Gasteiger partial charge in [-0.1, -0.05) is 32.9 Å². The molecule has 0 saturated carbocycles. The Morgan fingerprint density at radius 3 is 2.56 bits per heavy atom. The summed E-state index contributed by atoms with van der Waals surface area (Å²) in [5.41, 5.74) is 2.38. The molecule has 3 heteroatoms. The molecule has 0 aromatic carbocycles. The van der Waals surface area contributed by atoms with Crippen LogP contribution in [0.2, 0.25) is 18.1 Å². The molecule has 18 heavy (non-hydrogen) atoms. The van der Waals surface area contributed by atoms with Crippen LogP contribution < -0.4 is 0 Å². The van der Waals surface area contributed by atoms with Crippen molar-refractivity contribution in [1.29, 1.82) is 0 Å². The number of hydrogen-bond acceptors (Lipinski definition) is 2. The number of rotatable bonds is 4. The second-order valence-corrected chi connectivity index (χ2v) is 11.1. The second-order valence-electron chi connectivity index (χ2n) is 6.33. The summed E-state index contributed by atoms with van der Waals surface area (Å²) < 4.78 is 6.18. The fraction of sp³-hybridized carbons (Fsp3) is 0.533. The number of nitrogens with zero attached hydrogens (tertiary/aromatic N) is 1. The van der Waals surface area contributed by atoms with Crippen LogP contribution in [0.15, 0.2) is 30.1 Å². The molecule has 2 nitrogen and oxygen atoms in total. The number of aromatic nitrogens is 1. The molecule has 0 atom stereocenters. The van der Waals surface area contributed by atoms with E-state index < -0.39 is 8.32 Å². The van der Waals surface area contributed by atoms with Crippen molar-refractivity contribution in [2.24, 2.45) is 0 Å². The lowest BCUT2D eigenvalue weighted by Gasteiger charge is -2.36. The lowest BCUT2D eigenvalue weighted by molar-refractivity contribution is 0.319. The minimum Gasteiger partial charge on any atom is -0.413 e. The van der Waals surface area contributed by atoms with Crippen LogP contribution in [0.3, 0.4) is 0 Å². The van der Waals surface area contributed by atoms with E-state index in [-0.39, 0.29) is 5.04 Å². The quantitative estimate of drug-likeness (QED) is 0.746. The van der Waals surface area contributed by atoms with E-state index in [2.05, 4.69) is 57.9 Å². The molecule has 0 aliphatic carbocycles. The summed E-state index contributed by atoms with van der Waals surface area (Å²) in [5, 5.41) is 0.265. The zero-order valence-electron chi connectivity index (χ0n) is 12.4. The zero-order chi connectivity index (χ0) is 13.8. The van der Waals surface area contributed by atoms with Crippen molar-refractivity contribution in [3.05, 3.63) is 35.7 Å². The summed E-state index contributed by atoms with van der Waals surface area (Å²) in [7, 11) is -1.64. The van der Waals surface area contributed by atoms with Crippen molar-refractivity contribution in [1.82, 2.24) is 4.98 Å². The molecule has 1 aromatic heterocycles. The van der Waals surface area contributed by atoms with E-state index in [0.29, 0.717) is 6.61 Å². The van der Waals surface area contributed by atoms with E-state index >= 15 is 0 Å². The average Bonchev–Trinajstić information content (AvgIpc) is 2.26. The van der Waals surface area contributed by atoms with E-state index in [1.807, 2.05) is 12.3 Å². The highest BCUT2D eigenvalue weighted by Gasteiger charge is 2.36. The molecule has 1 aromatic rings. The van der Waals surface area contributed by atoms with Gasteiger partial charge in [0, 0.05) is 12.4 Å². The summed E-state index contributed by atoms with van der Waals surface area (Å²) in [4.78, 5) is 4.11. The Hall–Kier alpha value is -0.933. The third-order valence-electron chi connectivity index (χ3n) is 3.56. The van der Waals surface area contributed by atoms with Crippen LogP contribution >= 0.6 is 0 Å². The number of pyridine rings is 1. The maximum Gasteiger partial charge on any atom is 0.192 e. The Balaban J connectivity index is 2.62. The van der Waals surface area contributed by atoms with Crippen molar-refractivity contribution in [2.45, 2.75) is 45.8 Å². The van der Waals surface area contributed by atoms with Gasteiger partial charge in [-0.3, -0.25) is 4.98 Å². The Kier molecular flexibility index (Phi) is 4.88. The third kappa shape index (κ3) is 4.39. The van der Waals surface area contributed by atoms with Crippen molar-refractivity contribution in [3.63, 3.8) is 0 Å². The van der Waals surface area contributed by atoms with Crippen LogP contribution in [0.5, 0.6) is 0 Å². The standard InChI is InChI=1S/C15H25NOSi/c1-13(10-14-8-7-9-16-11-14)12-17-18(5,6)15(2,3)4/h7-11H,12H2,1-6H3/b13-10+. The van der Waals surface area contributed by atoms with Gasteiger partial charge in [0.05, 0.1) is 6.61 Å². The maximum atomic E-state index is 6.18. The molecule has 0 aliphatic rings. The van der Waals surface area contributed by atoms with Crippen LogP contribution in [-0.2, 0) is 4.43 Å². The smallest absolute Gasteiger partial charge is 0.192 e. The van der Waals surface area contributed by atoms with Crippen molar-refractivity contribution < 1.29 is 4.43 Å². The second kappa shape index (κ2) is 5.80. The Labute approximate surface area is 112 Å². The van der Waals surface area contributed by atoms with E-state index in [9.17, 15) is 0 Å². The molecule has 0 aliphatic heterocycles. The lowest BCUT2D eigenvalue weighted by atomic mass is 10.2. The first kappa shape index (κ1) is 15.1. The summed E-state index contributed by atoms with van der Waals surface area (Å²) in [6.07, 6.45) is 5.80. The normalized spacial score (nSPS) is 13.8. The van der Waals surface area contributed by atoms with E-state index in [0.717, 1.165) is 5.56 Å². The summed E-state index contributed by atoms with van der Waals surface area (Å²) >= 11 is 0. The average molecular weight is 263 g/mol. The van der Waals surface area contributed by atoms with Crippen molar-refractivity contribution in [3.8, 4) is 0 Å². The van der Waals surface area contributed by atoms with Crippen LogP contribution in [-0.4, -0.2) is 19.9 Å². The molecular weight excluding hydrogens is 238 g/mol. The zero-order valence-corrected chi connectivity index (χ0v) is 13.4. The van der Waals surface area contributed by atoms with Gasteiger partial charge in [0.1, 0.15) is 0 Å². The molecule has 100 valence electrons. The van der Waals surface area contributed by atoms with Crippen molar-refractivity contribution in [2.75, 3.05) is 6.61 Å². The SMILES string of the molecule is C/C(=C\c1cccnc1)CO[Si](C)(C)C(C)(C)C. The largest absolute Gasteiger partial charge is 0.413 e. The highest BCUT2D eigenvalue weighted by Crippen LogP contribution is 2.36. The predicted octanol–water partition coefficient (Wildman–Crippen LogP) is 4.51. The van der Waals surface area contributed by atoms with E-state index in [4.69, 9.17) is 4.43 Å². The Bertz CT molecular complexity index is 404. The molecule has 0 amide bonds.